The molecule has 6 nitrogen and oxygen atoms in total. The predicted molar refractivity (Wildman–Crippen MR) is 86.7 cm³/mol. The van der Waals surface area contributed by atoms with Crippen molar-refractivity contribution in [2.45, 2.75) is 13.5 Å². The molecule has 3 N–H and O–H groups in total. The summed E-state index contributed by atoms with van der Waals surface area (Å²) in [6.07, 6.45) is 1.52. The smallest absolute Gasteiger partial charge is 0.345 e. The highest BCUT2D eigenvalue weighted by atomic mass is 16.5. The maximum atomic E-state index is 12.1. The molecule has 2 aromatic rings. The summed E-state index contributed by atoms with van der Waals surface area (Å²) < 4.78 is 10.1. The van der Waals surface area contributed by atoms with Crippen LogP contribution in [0, 0.1) is 0 Å². The lowest BCUT2D eigenvalue weighted by Gasteiger charge is -2.10. The van der Waals surface area contributed by atoms with Crippen LogP contribution in [0.2, 0.25) is 0 Å². The molecule has 1 heterocycles. The summed E-state index contributed by atoms with van der Waals surface area (Å²) in [5.74, 6) is -0.518. The summed E-state index contributed by atoms with van der Waals surface area (Å²) in [5, 5.41) is 10.4. The van der Waals surface area contributed by atoms with Crippen LogP contribution in [-0.4, -0.2) is 23.5 Å². The number of ether oxygens (including phenoxy) is 1. The van der Waals surface area contributed by atoms with Gasteiger partial charge in [-0.2, -0.15) is 0 Å². The number of esters is 1. The lowest BCUT2D eigenvalue weighted by Crippen LogP contribution is -2.25. The average Bonchev–Trinajstić information content (AvgIpc) is 3.07. The van der Waals surface area contributed by atoms with Crippen molar-refractivity contribution in [2.24, 2.45) is 10.7 Å². The highest BCUT2D eigenvalue weighted by molar-refractivity contribution is 6.22. The molecule has 1 aromatic heterocycles. The van der Waals surface area contributed by atoms with Crippen LogP contribution < -0.4 is 5.73 Å². The number of hydrogen-bond acceptors (Lipinski definition) is 5. The van der Waals surface area contributed by atoms with E-state index in [1.54, 1.807) is 49.4 Å². The van der Waals surface area contributed by atoms with Gasteiger partial charge in [-0.1, -0.05) is 30.3 Å². The number of aliphatic hydroxyl groups is 1. The number of benzene rings is 1. The highest BCUT2D eigenvalue weighted by Gasteiger charge is 2.21. The Morgan fingerprint density at radius 2 is 2.00 bits per heavy atom. The minimum absolute atomic E-state index is 0.110. The van der Waals surface area contributed by atoms with Gasteiger partial charge in [0.2, 0.25) is 0 Å². The lowest BCUT2D eigenvalue weighted by molar-refractivity contribution is -0.137. The minimum Gasteiger partial charge on any atom is -0.506 e. The third-order valence-electron chi connectivity index (χ3n) is 3.01. The number of aliphatic imine (C=N–C) groups is 1. The minimum atomic E-state index is -0.727. The zero-order valence-corrected chi connectivity index (χ0v) is 12.7. The Morgan fingerprint density at radius 1 is 1.26 bits per heavy atom. The fourth-order valence-corrected chi connectivity index (χ4v) is 1.91. The molecule has 0 fully saturated rings. The number of nitrogens with two attached hydrogens (primary N) is 1. The molecule has 0 radical (unpaired) electrons. The Morgan fingerprint density at radius 3 is 2.61 bits per heavy atom. The van der Waals surface area contributed by atoms with Crippen molar-refractivity contribution in [3.8, 4) is 0 Å². The van der Waals surface area contributed by atoms with E-state index in [1.807, 2.05) is 0 Å². The van der Waals surface area contributed by atoms with Crippen LogP contribution in [0.25, 0.3) is 5.76 Å². The summed E-state index contributed by atoms with van der Waals surface area (Å²) in [4.78, 5) is 16.2. The second-order valence-corrected chi connectivity index (χ2v) is 4.59. The second kappa shape index (κ2) is 7.84. The molecule has 0 aliphatic heterocycles. The van der Waals surface area contributed by atoms with Crippen molar-refractivity contribution in [3.05, 3.63) is 65.6 Å². The van der Waals surface area contributed by atoms with E-state index in [4.69, 9.17) is 14.9 Å². The van der Waals surface area contributed by atoms with Gasteiger partial charge in [-0.05, 0) is 19.1 Å². The van der Waals surface area contributed by atoms with Crippen molar-refractivity contribution in [1.29, 1.82) is 0 Å². The predicted octanol–water partition coefficient (Wildman–Crippen LogP) is 2.67. The third kappa shape index (κ3) is 4.23. The highest BCUT2D eigenvalue weighted by Crippen LogP contribution is 2.17. The Balaban J connectivity index is 2.37. The lowest BCUT2D eigenvalue weighted by atomic mass is 10.1. The Bertz CT molecular complexity index is 703. The molecule has 23 heavy (non-hydrogen) atoms. The van der Waals surface area contributed by atoms with Gasteiger partial charge >= 0.3 is 5.97 Å². The Kier molecular flexibility index (Phi) is 5.57. The maximum absolute atomic E-state index is 12.1. The molecule has 120 valence electrons. The van der Waals surface area contributed by atoms with E-state index in [1.165, 1.54) is 6.26 Å². The van der Waals surface area contributed by atoms with Gasteiger partial charge in [-0.25, -0.2) is 4.79 Å². The fourth-order valence-electron chi connectivity index (χ4n) is 1.91. The van der Waals surface area contributed by atoms with E-state index < -0.39 is 5.97 Å². The number of nitrogens with zero attached hydrogens (tertiary/aromatic N) is 1. The molecule has 0 bridgehead atoms. The van der Waals surface area contributed by atoms with Crippen LogP contribution in [0.1, 0.15) is 18.2 Å². The van der Waals surface area contributed by atoms with E-state index in [2.05, 4.69) is 4.99 Å². The molecule has 0 saturated carbocycles. The second-order valence-electron chi connectivity index (χ2n) is 4.59. The van der Waals surface area contributed by atoms with Gasteiger partial charge < -0.3 is 20.0 Å². The normalized spacial score (nSPS) is 12.7. The van der Waals surface area contributed by atoms with Gasteiger partial charge in [0.1, 0.15) is 22.9 Å². The van der Waals surface area contributed by atoms with E-state index >= 15 is 0 Å². The van der Waals surface area contributed by atoms with Gasteiger partial charge in [0, 0.05) is 5.56 Å². The zero-order valence-electron chi connectivity index (χ0n) is 12.7. The SMILES string of the molecule is CCOC(=O)C(C(N)=NCc1ccco1)=C(O)c1ccccc1. The van der Waals surface area contributed by atoms with Crippen molar-refractivity contribution in [2.75, 3.05) is 6.61 Å². The zero-order chi connectivity index (χ0) is 16.7. The first-order valence-corrected chi connectivity index (χ1v) is 7.12. The topological polar surface area (TPSA) is 98.1 Å². The molecule has 0 amide bonds. The molecule has 0 saturated heterocycles. The average molecular weight is 314 g/mol. The quantitative estimate of drug-likeness (QED) is 0.281. The standard InChI is InChI=1S/C17H18N2O4/c1-2-22-17(21)14(15(20)12-7-4-3-5-8-12)16(18)19-11-13-9-6-10-23-13/h3-10,20H,2,11H2,1H3,(H2,18,19). The van der Waals surface area contributed by atoms with E-state index in [-0.39, 0.29) is 30.3 Å². The van der Waals surface area contributed by atoms with Crippen LogP contribution >= 0.6 is 0 Å². The molecular formula is C17H18N2O4. The van der Waals surface area contributed by atoms with Gasteiger partial charge in [0.15, 0.2) is 0 Å². The van der Waals surface area contributed by atoms with E-state index in [0.717, 1.165) is 0 Å². The number of aliphatic hydroxyl groups excluding tert-OH is 1. The number of amidine groups is 1. The molecule has 0 aliphatic rings. The number of carbonyl (C=O) groups is 1. The van der Waals surface area contributed by atoms with Crippen LogP contribution in [0.5, 0.6) is 0 Å². The molecule has 0 aliphatic carbocycles. The first-order valence-electron chi connectivity index (χ1n) is 7.12. The molecule has 0 spiro atoms. The molecule has 2 rings (SSSR count). The fraction of sp³-hybridized carbons (Fsp3) is 0.176. The summed E-state index contributed by atoms with van der Waals surface area (Å²) in [7, 11) is 0. The first kappa shape index (κ1) is 16.4. The van der Waals surface area contributed by atoms with Crippen molar-refractivity contribution < 1.29 is 19.1 Å². The monoisotopic (exact) mass is 314 g/mol. The maximum Gasteiger partial charge on any atom is 0.345 e. The number of furan rings is 1. The molecule has 0 unspecified atom stereocenters. The van der Waals surface area contributed by atoms with Crippen molar-refractivity contribution >= 4 is 17.6 Å². The molecule has 6 heteroatoms. The van der Waals surface area contributed by atoms with Crippen LogP contribution in [0.15, 0.2) is 63.7 Å². The van der Waals surface area contributed by atoms with E-state index in [0.29, 0.717) is 11.3 Å². The Hall–Kier alpha value is -3.02. The van der Waals surface area contributed by atoms with Gasteiger partial charge in [0.25, 0.3) is 0 Å². The first-order chi connectivity index (χ1) is 11.1. The third-order valence-corrected chi connectivity index (χ3v) is 3.01. The summed E-state index contributed by atoms with van der Waals surface area (Å²) >= 11 is 0. The van der Waals surface area contributed by atoms with Crippen LogP contribution in [-0.2, 0) is 16.1 Å². The van der Waals surface area contributed by atoms with Crippen molar-refractivity contribution in [1.82, 2.24) is 0 Å². The van der Waals surface area contributed by atoms with Crippen LogP contribution in [0.4, 0.5) is 0 Å². The van der Waals surface area contributed by atoms with Crippen molar-refractivity contribution in [3.63, 3.8) is 0 Å². The largest absolute Gasteiger partial charge is 0.506 e. The molecule has 0 atom stereocenters. The summed E-state index contributed by atoms with van der Waals surface area (Å²) in [5.41, 5.74) is 6.18. The summed E-state index contributed by atoms with van der Waals surface area (Å²) in [6.45, 7) is 1.99. The number of hydrogen-bond donors (Lipinski definition) is 2. The van der Waals surface area contributed by atoms with Gasteiger partial charge in [-0.15, -0.1) is 0 Å². The van der Waals surface area contributed by atoms with Gasteiger partial charge in [-0.3, -0.25) is 4.99 Å². The van der Waals surface area contributed by atoms with Gasteiger partial charge in [0.05, 0.1) is 19.4 Å². The summed E-state index contributed by atoms with van der Waals surface area (Å²) in [6, 6.07) is 12.1. The number of carbonyl (C=O) groups excluding carboxylic acids is 1. The molecule has 1 aromatic carbocycles. The molecular weight excluding hydrogens is 296 g/mol. The van der Waals surface area contributed by atoms with E-state index in [9.17, 15) is 9.90 Å². The van der Waals surface area contributed by atoms with Crippen LogP contribution in [0.3, 0.4) is 0 Å². The number of rotatable bonds is 6. The Labute approximate surface area is 133 Å².